The molecule has 1 N–H and O–H groups in total. The molecule has 0 bridgehead atoms. The van der Waals surface area contributed by atoms with Gasteiger partial charge in [0.1, 0.15) is 0 Å². The molecule has 168 valence electrons. The lowest BCUT2D eigenvalue weighted by molar-refractivity contribution is -0.352. The minimum absolute atomic E-state index is 0.176. The predicted octanol–water partition coefficient (Wildman–Crippen LogP) is 4.93. The molecular weight excluding hydrogens is 449 g/mol. The molecule has 1 saturated carbocycles. The quantitative estimate of drug-likeness (QED) is 0.531. The fourth-order valence-corrected chi connectivity index (χ4v) is 3.52. The standard InChI is InChI=1S/C21H18ClF3N4O3/c1-11(27-19(30)14-6-12-3-4-15(22)9-17(12)26-10-14)2-5-18-28-29-20(31-18)13-7-16(8-13)32-21(23,24)25/h3-4,6,9-10,13,16H,1-2,5,7-8H2,(H,27,30). The predicted molar refractivity (Wildman–Crippen MR) is 109 cm³/mol. The Balaban J connectivity index is 1.26. The van der Waals surface area contributed by atoms with Crippen molar-refractivity contribution >= 4 is 28.4 Å². The smallest absolute Gasteiger partial charge is 0.425 e. The lowest BCUT2D eigenvalue weighted by atomic mass is 9.82. The first-order valence-electron chi connectivity index (χ1n) is 9.77. The van der Waals surface area contributed by atoms with E-state index in [9.17, 15) is 18.0 Å². The lowest BCUT2D eigenvalue weighted by Crippen LogP contribution is -2.34. The summed E-state index contributed by atoms with van der Waals surface area (Å²) in [5.74, 6) is 0.0105. The topological polar surface area (TPSA) is 90.1 Å². The molecular formula is C21H18ClF3N4O3. The van der Waals surface area contributed by atoms with E-state index < -0.39 is 12.5 Å². The van der Waals surface area contributed by atoms with E-state index in [1.165, 1.54) is 6.20 Å². The summed E-state index contributed by atoms with van der Waals surface area (Å²) in [6.45, 7) is 3.84. The molecule has 0 radical (unpaired) electrons. The minimum Gasteiger partial charge on any atom is -0.425 e. The van der Waals surface area contributed by atoms with Crippen molar-refractivity contribution in [3.8, 4) is 0 Å². The van der Waals surface area contributed by atoms with Gasteiger partial charge in [0.2, 0.25) is 11.8 Å². The van der Waals surface area contributed by atoms with Gasteiger partial charge in [0.25, 0.3) is 5.91 Å². The van der Waals surface area contributed by atoms with Gasteiger partial charge in [-0.05, 0) is 37.5 Å². The van der Waals surface area contributed by atoms with Gasteiger partial charge in [0.05, 0.1) is 17.2 Å². The summed E-state index contributed by atoms with van der Waals surface area (Å²) in [4.78, 5) is 16.7. The highest BCUT2D eigenvalue weighted by Crippen LogP contribution is 2.40. The summed E-state index contributed by atoms with van der Waals surface area (Å²) >= 11 is 5.94. The SMILES string of the molecule is C=C(CCc1nnc(C2CC(OC(F)(F)F)C2)o1)NC(=O)c1cnc2cc(Cl)ccc2c1. The molecule has 1 amide bonds. The number of alkyl halides is 3. The molecule has 0 unspecified atom stereocenters. The number of halogens is 4. The molecule has 3 aromatic rings. The number of aryl methyl sites for hydroxylation is 1. The number of rotatable bonds is 7. The summed E-state index contributed by atoms with van der Waals surface area (Å²) in [5.41, 5.74) is 1.51. The maximum Gasteiger partial charge on any atom is 0.522 e. The Morgan fingerprint density at radius 3 is 2.81 bits per heavy atom. The van der Waals surface area contributed by atoms with Gasteiger partial charge in [-0.2, -0.15) is 0 Å². The second kappa shape index (κ2) is 8.87. The number of carbonyl (C=O) groups is 1. The van der Waals surface area contributed by atoms with Crippen molar-refractivity contribution in [3.05, 3.63) is 65.1 Å². The van der Waals surface area contributed by atoms with Gasteiger partial charge in [0, 0.05) is 34.6 Å². The van der Waals surface area contributed by atoms with Gasteiger partial charge in [-0.3, -0.25) is 14.5 Å². The molecule has 2 aromatic heterocycles. The van der Waals surface area contributed by atoms with E-state index in [0.29, 0.717) is 46.4 Å². The van der Waals surface area contributed by atoms with Gasteiger partial charge in [-0.1, -0.05) is 24.2 Å². The average molecular weight is 467 g/mol. The molecule has 0 atom stereocenters. The molecule has 1 aliphatic rings. The highest BCUT2D eigenvalue weighted by Gasteiger charge is 2.42. The van der Waals surface area contributed by atoms with Crippen LogP contribution >= 0.6 is 11.6 Å². The molecule has 1 aromatic carbocycles. The Labute approximate surface area is 185 Å². The molecule has 0 spiro atoms. The van der Waals surface area contributed by atoms with E-state index in [1.807, 2.05) is 0 Å². The molecule has 2 heterocycles. The number of pyridine rings is 1. The maximum absolute atomic E-state index is 12.5. The van der Waals surface area contributed by atoms with Crippen LogP contribution in [0.4, 0.5) is 13.2 Å². The molecule has 11 heteroatoms. The largest absolute Gasteiger partial charge is 0.522 e. The number of benzene rings is 1. The maximum atomic E-state index is 12.5. The van der Waals surface area contributed by atoms with Gasteiger partial charge >= 0.3 is 6.36 Å². The third-order valence-electron chi connectivity index (χ3n) is 5.07. The monoisotopic (exact) mass is 466 g/mol. The number of nitrogens with one attached hydrogen (secondary N) is 1. The molecule has 1 aliphatic carbocycles. The number of ether oxygens (including phenoxy) is 1. The fourth-order valence-electron chi connectivity index (χ4n) is 3.36. The molecule has 1 fully saturated rings. The second-order valence-corrected chi connectivity index (χ2v) is 7.94. The number of fused-ring (bicyclic) bond motifs is 1. The third kappa shape index (κ3) is 5.43. The van der Waals surface area contributed by atoms with Crippen molar-refractivity contribution < 1.29 is 27.1 Å². The Morgan fingerprint density at radius 1 is 1.28 bits per heavy atom. The summed E-state index contributed by atoms with van der Waals surface area (Å²) in [6, 6.07) is 6.92. The van der Waals surface area contributed by atoms with Crippen LogP contribution in [0.5, 0.6) is 0 Å². The summed E-state index contributed by atoms with van der Waals surface area (Å²) in [6.07, 6.45) is -3.03. The number of allylic oxidation sites excluding steroid dienone is 1. The van der Waals surface area contributed by atoms with Crippen molar-refractivity contribution in [2.75, 3.05) is 0 Å². The van der Waals surface area contributed by atoms with Crippen LogP contribution in [0.3, 0.4) is 0 Å². The first-order chi connectivity index (χ1) is 15.2. The fraction of sp³-hybridized carbons (Fsp3) is 0.333. The van der Waals surface area contributed by atoms with E-state index in [4.69, 9.17) is 16.0 Å². The van der Waals surface area contributed by atoms with E-state index in [2.05, 4.69) is 31.8 Å². The number of hydrogen-bond acceptors (Lipinski definition) is 6. The van der Waals surface area contributed by atoms with Crippen LogP contribution in [-0.2, 0) is 11.2 Å². The highest BCUT2D eigenvalue weighted by molar-refractivity contribution is 6.31. The molecule has 0 aliphatic heterocycles. The van der Waals surface area contributed by atoms with Crippen molar-refractivity contribution in [1.82, 2.24) is 20.5 Å². The van der Waals surface area contributed by atoms with E-state index >= 15 is 0 Å². The van der Waals surface area contributed by atoms with Crippen LogP contribution in [-0.4, -0.2) is 33.6 Å². The zero-order valence-electron chi connectivity index (χ0n) is 16.7. The van der Waals surface area contributed by atoms with Crippen LogP contribution < -0.4 is 5.32 Å². The van der Waals surface area contributed by atoms with Gasteiger partial charge in [-0.15, -0.1) is 23.4 Å². The Morgan fingerprint density at radius 2 is 2.06 bits per heavy atom. The van der Waals surface area contributed by atoms with Gasteiger partial charge < -0.3 is 9.73 Å². The third-order valence-corrected chi connectivity index (χ3v) is 5.30. The van der Waals surface area contributed by atoms with Crippen LogP contribution in [0.2, 0.25) is 5.02 Å². The number of amides is 1. The van der Waals surface area contributed by atoms with Crippen LogP contribution in [0.15, 0.2) is 47.2 Å². The van der Waals surface area contributed by atoms with Gasteiger partial charge in [-0.25, -0.2) is 0 Å². The van der Waals surface area contributed by atoms with Crippen molar-refractivity contribution in [1.29, 1.82) is 0 Å². The molecule has 7 nitrogen and oxygen atoms in total. The summed E-state index contributed by atoms with van der Waals surface area (Å²) in [7, 11) is 0. The Hall–Kier alpha value is -2.98. The second-order valence-electron chi connectivity index (χ2n) is 7.51. The minimum atomic E-state index is -4.64. The number of hydrogen-bond donors (Lipinski definition) is 1. The summed E-state index contributed by atoms with van der Waals surface area (Å²) < 4.78 is 46.1. The van der Waals surface area contributed by atoms with Crippen LogP contribution in [0.1, 0.15) is 47.3 Å². The van der Waals surface area contributed by atoms with Gasteiger partial charge in [0.15, 0.2) is 0 Å². The highest BCUT2D eigenvalue weighted by atomic mass is 35.5. The number of aromatic nitrogens is 3. The first kappa shape index (κ1) is 22.2. The first-order valence-corrected chi connectivity index (χ1v) is 10.2. The number of carbonyl (C=O) groups excluding carboxylic acids is 1. The van der Waals surface area contributed by atoms with E-state index in [-0.39, 0.29) is 24.7 Å². The van der Waals surface area contributed by atoms with E-state index in [0.717, 1.165) is 5.39 Å². The Bertz CT molecular complexity index is 1160. The lowest BCUT2D eigenvalue weighted by Gasteiger charge is -2.32. The van der Waals surface area contributed by atoms with Crippen molar-refractivity contribution in [2.24, 2.45) is 0 Å². The zero-order valence-corrected chi connectivity index (χ0v) is 17.4. The van der Waals surface area contributed by atoms with E-state index in [1.54, 1.807) is 24.3 Å². The zero-order chi connectivity index (χ0) is 22.9. The molecule has 4 rings (SSSR count). The normalized spacial score (nSPS) is 18.4. The van der Waals surface area contributed by atoms with Crippen molar-refractivity contribution in [2.45, 2.75) is 44.1 Å². The average Bonchev–Trinajstić information content (AvgIpc) is 3.16. The summed E-state index contributed by atoms with van der Waals surface area (Å²) in [5, 5.41) is 11.9. The Kier molecular flexibility index (Phi) is 6.16. The van der Waals surface area contributed by atoms with Crippen LogP contribution in [0, 0.1) is 0 Å². The van der Waals surface area contributed by atoms with Crippen molar-refractivity contribution in [3.63, 3.8) is 0 Å². The van der Waals surface area contributed by atoms with Crippen LogP contribution in [0.25, 0.3) is 10.9 Å². The molecule has 32 heavy (non-hydrogen) atoms. The molecule has 0 saturated heterocycles. The number of nitrogens with zero attached hydrogens (tertiary/aromatic N) is 3.